The van der Waals surface area contributed by atoms with Crippen LogP contribution in [0.3, 0.4) is 0 Å². The Balaban J connectivity index is 3.09. The van der Waals surface area contributed by atoms with E-state index in [1.54, 1.807) is 10.6 Å². The summed E-state index contributed by atoms with van der Waals surface area (Å²) >= 11 is 0. The highest BCUT2D eigenvalue weighted by Crippen LogP contribution is 2.23. The average molecular weight is 266 g/mol. The van der Waals surface area contributed by atoms with E-state index in [2.05, 4.69) is 39.5 Å². The third-order valence-corrected chi connectivity index (χ3v) is 3.42. The summed E-state index contributed by atoms with van der Waals surface area (Å²) in [6.45, 7) is 13.9. The minimum Gasteiger partial charge on any atom is -0.508 e. The van der Waals surface area contributed by atoms with Crippen LogP contribution in [0.15, 0.2) is 16.9 Å². The third kappa shape index (κ3) is 4.10. The molecule has 0 aliphatic rings. The monoisotopic (exact) mass is 266 g/mol. The molecule has 0 bridgehead atoms. The van der Waals surface area contributed by atoms with Crippen molar-refractivity contribution in [3.63, 3.8) is 0 Å². The highest BCUT2D eigenvalue weighted by Gasteiger charge is 2.20. The Morgan fingerprint density at radius 3 is 2.26 bits per heavy atom. The molecule has 0 amide bonds. The van der Waals surface area contributed by atoms with Crippen molar-refractivity contribution < 1.29 is 5.11 Å². The highest BCUT2D eigenvalue weighted by atomic mass is 16.3. The van der Waals surface area contributed by atoms with Crippen LogP contribution in [0.25, 0.3) is 0 Å². The zero-order valence-electron chi connectivity index (χ0n) is 12.7. The van der Waals surface area contributed by atoms with Crippen LogP contribution >= 0.6 is 0 Å². The molecule has 108 valence electrons. The molecule has 1 N–H and O–H groups in total. The second-order valence-corrected chi connectivity index (χ2v) is 5.87. The number of hydrogen-bond acceptors (Lipinski definition) is 3. The van der Waals surface area contributed by atoms with Crippen molar-refractivity contribution >= 4 is 0 Å². The Morgan fingerprint density at radius 2 is 1.79 bits per heavy atom. The van der Waals surface area contributed by atoms with Crippen LogP contribution in [0.2, 0.25) is 0 Å². The first-order chi connectivity index (χ1) is 8.79. The van der Waals surface area contributed by atoms with Crippen LogP contribution in [-0.4, -0.2) is 34.2 Å². The lowest BCUT2D eigenvalue weighted by atomic mass is 9.91. The summed E-state index contributed by atoms with van der Waals surface area (Å²) in [6, 6.07) is 2.99. The molecule has 1 rings (SSSR count). The lowest BCUT2D eigenvalue weighted by Crippen LogP contribution is -2.34. The standard InChI is InChI=1S/C15H26N2O2/c1-6-16(7-2)8-9-17-13(15(3,4)5)10-12(18)11-14(17)19/h10-11,18H,6-9H2,1-5H3. The molecule has 0 aromatic carbocycles. The maximum atomic E-state index is 12.1. The van der Waals surface area contributed by atoms with Crippen molar-refractivity contribution in [2.45, 2.75) is 46.6 Å². The fraction of sp³-hybridized carbons (Fsp3) is 0.667. The Hall–Kier alpha value is -1.29. The van der Waals surface area contributed by atoms with E-state index >= 15 is 0 Å². The fourth-order valence-electron chi connectivity index (χ4n) is 2.22. The minimum absolute atomic E-state index is 0.0500. The fourth-order valence-corrected chi connectivity index (χ4v) is 2.22. The van der Waals surface area contributed by atoms with Crippen LogP contribution in [0, 0.1) is 0 Å². The predicted molar refractivity (Wildman–Crippen MR) is 78.9 cm³/mol. The maximum absolute atomic E-state index is 12.1. The van der Waals surface area contributed by atoms with Gasteiger partial charge in [0, 0.05) is 36.3 Å². The van der Waals surface area contributed by atoms with E-state index in [-0.39, 0.29) is 16.7 Å². The summed E-state index contributed by atoms with van der Waals surface area (Å²) < 4.78 is 1.78. The second kappa shape index (κ2) is 6.24. The number of aromatic nitrogens is 1. The van der Waals surface area contributed by atoms with Gasteiger partial charge in [-0.05, 0) is 13.1 Å². The van der Waals surface area contributed by atoms with E-state index in [9.17, 15) is 9.90 Å². The number of pyridine rings is 1. The van der Waals surface area contributed by atoms with Gasteiger partial charge >= 0.3 is 0 Å². The van der Waals surface area contributed by atoms with Crippen molar-refractivity contribution in [3.8, 4) is 5.75 Å². The van der Waals surface area contributed by atoms with E-state index in [4.69, 9.17) is 0 Å². The van der Waals surface area contributed by atoms with E-state index in [1.807, 2.05) is 0 Å². The van der Waals surface area contributed by atoms with Crippen molar-refractivity contribution in [3.05, 3.63) is 28.2 Å². The zero-order valence-corrected chi connectivity index (χ0v) is 12.7. The Kier molecular flexibility index (Phi) is 5.18. The number of aromatic hydroxyl groups is 1. The van der Waals surface area contributed by atoms with Gasteiger partial charge in [0.15, 0.2) is 0 Å². The first kappa shape index (κ1) is 15.8. The van der Waals surface area contributed by atoms with Gasteiger partial charge in [-0.3, -0.25) is 4.79 Å². The molecule has 1 heterocycles. The SMILES string of the molecule is CCN(CC)CCn1c(C(C)(C)C)cc(O)cc1=O. The molecule has 0 atom stereocenters. The summed E-state index contributed by atoms with van der Waals surface area (Å²) in [5.74, 6) is 0.0500. The number of hydrogen-bond donors (Lipinski definition) is 1. The van der Waals surface area contributed by atoms with Crippen molar-refractivity contribution in [1.82, 2.24) is 9.47 Å². The molecule has 0 aliphatic heterocycles. The molecule has 1 aromatic rings. The van der Waals surface area contributed by atoms with Crippen LogP contribution < -0.4 is 5.56 Å². The number of nitrogens with zero attached hydrogens (tertiary/aromatic N) is 2. The molecular formula is C15H26N2O2. The maximum Gasteiger partial charge on any atom is 0.254 e. The van der Waals surface area contributed by atoms with Gasteiger partial charge in [-0.25, -0.2) is 0 Å². The molecule has 0 fully saturated rings. The van der Waals surface area contributed by atoms with Gasteiger partial charge in [-0.15, -0.1) is 0 Å². The van der Waals surface area contributed by atoms with Gasteiger partial charge in [0.25, 0.3) is 5.56 Å². The minimum atomic E-state index is -0.166. The normalized spacial score (nSPS) is 12.1. The Morgan fingerprint density at radius 1 is 1.21 bits per heavy atom. The quantitative estimate of drug-likeness (QED) is 0.888. The van der Waals surface area contributed by atoms with Crippen molar-refractivity contribution in [1.29, 1.82) is 0 Å². The van der Waals surface area contributed by atoms with E-state index in [0.29, 0.717) is 6.54 Å². The zero-order chi connectivity index (χ0) is 14.6. The van der Waals surface area contributed by atoms with Gasteiger partial charge in [0.05, 0.1) is 0 Å². The topological polar surface area (TPSA) is 45.5 Å². The molecule has 0 spiro atoms. The summed E-state index contributed by atoms with van der Waals surface area (Å²) in [6.07, 6.45) is 0. The smallest absolute Gasteiger partial charge is 0.254 e. The first-order valence-corrected chi connectivity index (χ1v) is 6.96. The van der Waals surface area contributed by atoms with E-state index in [0.717, 1.165) is 25.3 Å². The molecular weight excluding hydrogens is 240 g/mol. The lowest BCUT2D eigenvalue weighted by Gasteiger charge is -2.26. The van der Waals surface area contributed by atoms with Crippen LogP contribution in [0.5, 0.6) is 5.75 Å². The lowest BCUT2D eigenvalue weighted by molar-refractivity contribution is 0.284. The predicted octanol–water partition coefficient (Wildman–Crippen LogP) is 2.19. The third-order valence-electron chi connectivity index (χ3n) is 3.42. The van der Waals surface area contributed by atoms with E-state index < -0.39 is 0 Å². The Bertz CT molecular complexity index is 468. The molecule has 0 saturated heterocycles. The number of rotatable bonds is 5. The largest absolute Gasteiger partial charge is 0.508 e. The number of likely N-dealkylation sites (N-methyl/N-ethyl adjacent to an activating group) is 1. The Labute approximate surface area is 115 Å². The molecule has 0 radical (unpaired) electrons. The van der Waals surface area contributed by atoms with Crippen molar-refractivity contribution in [2.75, 3.05) is 19.6 Å². The van der Waals surface area contributed by atoms with Gasteiger partial charge < -0.3 is 14.6 Å². The van der Waals surface area contributed by atoms with E-state index in [1.165, 1.54) is 6.07 Å². The molecule has 0 aliphatic carbocycles. The first-order valence-electron chi connectivity index (χ1n) is 6.96. The van der Waals surface area contributed by atoms with Gasteiger partial charge in [0.2, 0.25) is 0 Å². The molecule has 4 heteroatoms. The summed E-state index contributed by atoms with van der Waals surface area (Å²) in [7, 11) is 0. The van der Waals surface area contributed by atoms with Gasteiger partial charge in [-0.2, -0.15) is 0 Å². The second-order valence-electron chi connectivity index (χ2n) is 5.87. The van der Waals surface area contributed by atoms with Gasteiger partial charge in [-0.1, -0.05) is 34.6 Å². The summed E-state index contributed by atoms with van der Waals surface area (Å²) in [4.78, 5) is 14.4. The van der Waals surface area contributed by atoms with Gasteiger partial charge in [0.1, 0.15) is 5.75 Å². The molecule has 4 nitrogen and oxygen atoms in total. The van der Waals surface area contributed by atoms with Crippen LogP contribution in [0.1, 0.15) is 40.3 Å². The van der Waals surface area contributed by atoms with Crippen LogP contribution in [-0.2, 0) is 12.0 Å². The summed E-state index contributed by atoms with van der Waals surface area (Å²) in [5, 5.41) is 9.63. The molecule has 0 unspecified atom stereocenters. The van der Waals surface area contributed by atoms with Crippen molar-refractivity contribution in [2.24, 2.45) is 0 Å². The molecule has 19 heavy (non-hydrogen) atoms. The molecule has 0 saturated carbocycles. The average Bonchev–Trinajstić information content (AvgIpc) is 2.30. The highest BCUT2D eigenvalue weighted by molar-refractivity contribution is 5.26. The van der Waals surface area contributed by atoms with Crippen LogP contribution in [0.4, 0.5) is 0 Å². The molecule has 1 aromatic heterocycles. The summed E-state index contributed by atoms with van der Waals surface area (Å²) in [5.41, 5.74) is 0.586.